The van der Waals surface area contributed by atoms with Crippen LogP contribution in [-0.2, 0) is 11.3 Å². The topological polar surface area (TPSA) is 71.3 Å². The van der Waals surface area contributed by atoms with Crippen LogP contribution in [0.1, 0.15) is 17.4 Å². The highest BCUT2D eigenvalue weighted by atomic mass is 19.1. The van der Waals surface area contributed by atoms with Gasteiger partial charge in [-0.05, 0) is 19.1 Å². The molecule has 2 aromatic rings. The summed E-state index contributed by atoms with van der Waals surface area (Å²) in [7, 11) is 0. The van der Waals surface area contributed by atoms with E-state index in [1.54, 1.807) is 10.6 Å². The number of aryl methyl sites for hydroxylation is 1. The lowest BCUT2D eigenvalue weighted by molar-refractivity contribution is -0.139. The maximum absolute atomic E-state index is 12.6. The number of amides is 1. The quantitative estimate of drug-likeness (QED) is 0.876. The van der Waals surface area contributed by atoms with Crippen molar-refractivity contribution in [1.29, 1.82) is 0 Å². The van der Waals surface area contributed by atoms with Crippen molar-refractivity contribution in [1.82, 2.24) is 9.88 Å². The van der Waals surface area contributed by atoms with Crippen LogP contribution in [0.4, 0.5) is 4.39 Å². The summed E-state index contributed by atoms with van der Waals surface area (Å²) in [4.78, 5) is 22.9. The van der Waals surface area contributed by atoms with Crippen molar-refractivity contribution in [2.45, 2.75) is 19.5 Å². The molecule has 0 bridgehead atoms. The summed E-state index contributed by atoms with van der Waals surface area (Å²) in [6.07, 6.45) is 0. The first-order chi connectivity index (χ1) is 9.58. The van der Waals surface area contributed by atoms with Crippen LogP contribution in [-0.4, -0.2) is 34.3 Å². The van der Waals surface area contributed by atoms with Gasteiger partial charge in [-0.3, -0.25) is 4.79 Å². The van der Waals surface area contributed by atoms with Crippen LogP contribution in [0.25, 0.3) is 10.9 Å². The zero-order valence-corrected chi connectivity index (χ0v) is 11.0. The van der Waals surface area contributed by atoms with Gasteiger partial charge in [0.05, 0.1) is 0 Å². The predicted octanol–water partition coefficient (Wildman–Crippen LogP) is 1.81. The van der Waals surface area contributed by atoms with Gasteiger partial charge in [0.2, 0.25) is 0 Å². The number of carboxylic acids is 1. The zero-order valence-electron chi connectivity index (χ0n) is 11.0. The Morgan fingerprint density at radius 3 is 2.70 bits per heavy atom. The molecular formula is C14H15FN2O3. The largest absolute Gasteiger partial charge is 0.480 e. The monoisotopic (exact) mass is 278 g/mol. The van der Waals surface area contributed by atoms with E-state index in [1.165, 1.54) is 0 Å². The molecule has 0 aliphatic rings. The van der Waals surface area contributed by atoms with E-state index in [4.69, 9.17) is 5.11 Å². The van der Waals surface area contributed by atoms with E-state index in [0.29, 0.717) is 12.2 Å². The molecule has 0 spiro atoms. The fraction of sp³-hybridized carbons (Fsp3) is 0.286. The van der Waals surface area contributed by atoms with E-state index in [2.05, 4.69) is 5.32 Å². The molecule has 6 heteroatoms. The number of hydrogen-bond acceptors (Lipinski definition) is 2. The maximum Gasteiger partial charge on any atom is 0.328 e. The number of nitrogens with zero attached hydrogens (tertiary/aromatic N) is 1. The number of rotatable bonds is 5. The first-order valence-corrected chi connectivity index (χ1v) is 6.26. The summed E-state index contributed by atoms with van der Waals surface area (Å²) in [5, 5.41) is 11.8. The molecule has 2 rings (SSSR count). The summed E-state index contributed by atoms with van der Waals surface area (Å²) in [6.45, 7) is 1.30. The van der Waals surface area contributed by atoms with Gasteiger partial charge in [-0.2, -0.15) is 0 Å². The Hall–Kier alpha value is -2.37. The molecule has 1 aromatic heterocycles. The van der Waals surface area contributed by atoms with Crippen molar-refractivity contribution >= 4 is 22.8 Å². The van der Waals surface area contributed by atoms with E-state index in [-0.39, 0.29) is 0 Å². The molecule has 0 saturated heterocycles. The molecule has 0 unspecified atom stereocenters. The first kappa shape index (κ1) is 14.0. The number of carbonyl (C=O) groups excluding carboxylic acids is 1. The lowest BCUT2D eigenvalue weighted by Crippen LogP contribution is -2.42. The Kier molecular flexibility index (Phi) is 4.02. The second kappa shape index (κ2) is 5.73. The van der Waals surface area contributed by atoms with Crippen LogP contribution < -0.4 is 5.32 Å². The second-order valence-electron chi connectivity index (χ2n) is 4.35. The lowest BCUT2D eigenvalue weighted by Gasteiger charge is -2.12. The smallest absolute Gasteiger partial charge is 0.328 e. The van der Waals surface area contributed by atoms with Crippen LogP contribution in [0, 0.1) is 0 Å². The van der Waals surface area contributed by atoms with E-state index in [1.807, 2.05) is 31.2 Å². The van der Waals surface area contributed by atoms with Crippen LogP contribution in [0.2, 0.25) is 0 Å². The molecule has 0 aliphatic heterocycles. The van der Waals surface area contributed by atoms with Crippen molar-refractivity contribution in [3.05, 3.63) is 36.0 Å². The number of benzene rings is 1. The van der Waals surface area contributed by atoms with Gasteiger partial charge < -0.3 is 15.0 Å². The van der Waals surface area contributed by atoms with Gasteiger partial charge >= 0.3 is 5.97 Å². The molecule has 1 atom stereocenters. The molecule has 106 valence electrons. The van der Waals surface area contributed by atoms with Crippen LogP contribution in [0.5, 0.6) is 0 Å². The Morgan fingerprint density at radius 1 is 1.40 bits per heavy atom. The third-order valence-corrected chi connectivity index (χ3v) is 3.12. The van der Waals surface area contributed by atoms with Gasteiger partial charge in [-0.15, -0.1) is 0 Å². The van der Waals surface area contributed by atoms with Crippen molar-refractivity contribution in [2.75, 3.05) is 6.67 Å². The molecule has 2 N–H and O–H groups in total. The molecule has 5 nitrogen and oxygen atoms in total. The zero-order chi connectivity index (χ0) is 14.7. The summed E-state index contributed by atoms with van der Waals surface area (Å²) < 4.78 is 14.3. The van der Waals surface area contributed by atoms with Gasteiger partial charge in [-0.1, -0.05) is 18.2 Å². The second-order valence-corrected chi connectivity index (χ2v) is 4.35. The molecule has 1 aromatic carbocycles. The summed E-state index contributed by atoms with van der Waals surface area (Å²) in [6, 6.07) is 7.60. The SMILES string of the molecule is CCn1c(C(=O)N[C@H](CF)C(=O)O)cc2ccccc21. The third-order valence-electron chi connectivity index (χ3n) is 3.12. The molecular weight excluding hydrogens is 263 g/mol. The van der Waals surface area contributed by atoms with Gasteiger partial charge in [0, 0.05) is 17.4 Å². The van der Waals surface area contributed by atoms with Crippen LogP contribution >= 0.6 is 0 Å². The van der Waals surface area contributed by atoms with Gasteiger partial charge in [-0.25, -0.2) is 9.18 Å². The normalized spacial score (nSPS) is 12.3. The third kappa shape index (κ3) is 2.49. The van der Waals surface area contributed by atoms with E-state index in [0.717, 1.165) is 10.9 Å². The highest BCUT2D eigenvalue weighted by Crippen LogP contribution is 2.19. The highest BCUT2D eigenvalue weighted by molar-refractivity contribution is 6.00. The van der Waals surface area contributed by atoms with E-state index >= 15 is 0 Å². The Morgan fingerprint density at radius 2 is 2.10 bits per heavy atom. The Bertz CT molecular complexity index is 651. The number of halogens is 1. The predicted molar refractivity (Wildman–Crippen MR) is 72.5 cm³/mol. The summed E-state index contributed by atoms with van der Waals surface area (Å²) >= 11 is 0. The van der Waals surface area contributed by atoms with Crippen molar-refractivity contribution < 1.29 is 19.1 Å². The van der Waals surface area contributed by atoms with E-state index in [9.17, 15) is 14.0 Å². The van der Waals surface area contributed by atoms with Crippen LogP contribution in [0.15, 0.2) is 30.3 Å². The number of nitrogens with one attached hydrogen (secondary N) is 1. The van der Waals surface area contributed by atoms with Gasteiger partial charge in [0.25, 0.3) is 5.91 Å². The fourth-order valence-corrected chi connectivity index (χ4v) is 2.14. The van der Waals surface area contributed by atoms with Crippen LogP contribution in [0.3, 0.4) is 0 Å². The number of fused-ring (bicyclic) bond motifs is 1. The van der Waals surface area contributed by atoms with E-state index < -0.39 is 24.6 Å². The average Bonchev–Trinajstić information content (AvgIpc) is 2.82. The molecule has 1 heterocycles. The molecule has 0 radical (unpaired) electrons. The molecule has 0 saturated carbocycles. The summed E-state index contributed by atoms with van der Waals surface area (Å²) in [5.74, 6) is -1.98. The number of aromatic nitrogens is 1. The lowest BCUT2D eigenvalue weighted by atomic mass is 10.2. The number of carbonyl (C=O) groups is 2. The number of alkyl halides is 1. The Balaban J connectivity index is 2.37. The number of aliphatic carboxylic acids is 1. The standard InChI is InChI=1S/C14H15FN2O3/c1-2-17-11-6-4-3-5-9(11)7-12(17)13(18)16-10(8-15)14(19)20/h3-7,10H,2,8H2,1H3,(H,16,18)(H,19,20)/t10-/m1/s1. The van der Waals surface area contributed by atoms with Gasteiger partial charge in [0.15, 0.2) is 6.04 Å². The molecule has 20 heavy (non-hydrogen) atoms. The van der Waals surface area contributed by atoms with Gasteiger partial charge in [0.1, 0.15) is 12.4 Å². The minimum atomic E-state index is -1.52. The minimum absolute atomic E-state index is 0.327. The summed E-state index contributed by atoms with van der Waals surface area (Å²) in [5.41, 5.74) is 1.21. The first-order valence-electron chi connectivity index (χ1n) is 6.26. The Labute approximate surface area is 115 Å². The highest BCUT2D eigenvalue weighted by Gasteiger charge is 2.22. The minimum Gasteiger partial charge on any atom is -0.480 e. The van der Waals surface area contributed by atoms with Crippen molar-refractivity contribution in [3.63, 3.8) is 0 Å². The molecule has 0 aliphatic carbocycles. The van der Waals surface area contributed by atoms with Crippen molar-refractivity contribution in [2.24, 2.45) is 0 Å². The van der Waals surface area contributed by atoms with Crippen molar-refractivity contribution in [3.8, 4) is 0 Å². The molecule has 0 fully saturated rings. The number of para-hydroxylation sites is 1. The number of hydrogen-bond donors (Lipinski definition) is 2. The maximum atomic E-state index is 12.6. The molecule has 1 amide bonds. The number of carboxylic acid groups (broad SMARTS) is 1. The average molecular weight is 278 g/mol. The fourth-order valence-electron chi connectivity index (χ4n) is 2.14.